The molecule has 0 saturated heterocycles. The van der Waals surface area contributed by atoms with Crippen LogP contribution in [-0.4, -0.2) is 19.0 Å². The molecule has 0 unspecified atom stereocenters. The van der Waals surface area contributed by atoms with Crippen LogP contribution in [0, 0.1) is 0 Å². The van der Waals surface area contributed by atoms with Gasteiger partial charge in [-0.3, -0.25) is 9.59 Å². The molecule has 0 spiro atoms. The van der Waals surface area contributed by atoms with Crippen LogP contribution in [0.5, 0.6) is 11.5 Å². The van der Waals surface area contributed by atoms with E-state index in [0.29, 0.717) is 17.7 Å². The zero-order valence-electron chi connectivity index (χ0n) is 12.2. The van der Waals surface area contributed by atoms with E-state index in [1.165, 1.54) is 6.07 Å². The number of methoxy groups -OCH3 is 1. The lowest BCUT2D eigenvalue weighted by atomic mass is 10.1. The standard InChI is InChI=1S/C17H17NO4/c1-21-14-6-2-4-12(10-14)8-9-16(19)22-15-7-3-5-13(11-15)17(18)20/h2-7,10-11H,8-9H2,1H3,(H2,18,20). The Morgan fingerprint density at radius 2 is 1.77 bits per heavy atom. The van der Waals surface area contributed by atoms with Crippen molar-refractivity contribution in [1.82, 2.24) is 0 Å². The predicted octanol–water partition coefficient (Wildman–Crippen LogP) is 2.33. The van der Waals surface area contributed by atoms with E-state index in [9.17, 15) is 9.59 Å². The third-order valence-electron chi connectivity index (χ3n) is 3.10. The summed E-state index contributed by atoms with van der Waals surface area (Å²) < 4.78 is 10.3. The largest absolute Gasteiger partial charge is 0.497 e. The number of ether oxygens (including phenoxy) is 2. The van der Waals surface area contributed by atoms with Gasteiger partial charge >= 0.3 is 5.97 Å². The Morgan fingerprint density at radius 1 is 1.05 bits per heavy atom. The molecule has 5 nitrogen and oxygen atoms in total. The van der Waals surface area contributed by atoms with Gasteiger partial charge in [0, 0.05) is 12.0 Å². The van der Waals surface area contributed by atoms with Gasteiger partial charge in [0.25, 0.3) is 0 Å². The highest BCUT2D eigenvalue weighted by molar-refractivity contribution is 5.93. The number of benzene rings is 2. The van der Waals surface area contributed by atoms with Crippen LogP contribution < -0.4 is 15.2 Å². The van der Waals surface area contributed by atoms with Gasteiger partial charge in [-0.15, -0.1) is 0 Å². The summed E-state index contributed by atoms with van der Waals surface area (Å²) in [5, 5.41) is 0. The highest BCUT2D eigenvalue weighted by Crippen LogP contribution is 2.16. The summed E-state index contributed by atoms with van der Waals surface area (Å²) in [4.78, 5) is 22.9. The van der Waals surface area contributed by atoms with Crippen molar-refractivity contribution >= 4 is 11.9 Å². The molecule has 0 aromatic heterocycles. The average Bonchev–Trinajstić information content (AvgIpc) is 2.53. The average molecular weight is 299 g/mol. The first kappa shape index (κ1) is 15.6. The van der Waals surface area contributed by atoms with Crippen LogP contribution in [-0.2, 0) is 11.2 Å². The summed E-state index contributed by atoms with van der Waals surface area (Å²) in [6.07, 6.45) is 0.777. The second kappa shape index (κ2) is 7.26. The zero-order valence-corrected chi connectivity index (χ0v) is 12.2. The molecule has 0 atom stereocenters. The van der Waals surface area contributed by atoms with Crippen molar-refractivity contribution in [2.75, 3.05) is 7.11 Å². The van der Waals surface area contributed by atoms with Crippen LogP contribution in [0.15, 0.2) is 48.5 Å². The number of amides is 1. The molecule has 0 fully saturated rings. The molecule has 1 amide bonds. The molecular weight excluding hydrogens is 282 g/mol. The molecule has 0 aliphatic heterocycles. The second-order valence-electron chi connectivity index (χ2n) is 4.72. The van der Waals surface area contributed by atoms with Gasteiger partial charge in [-0.05, 0) is 42.3 Å². The van der Waals surface area contributed by atoms with Gasteiger partial charge in [0.2, 0.25) is 5.91 Å². The van der Waals surface area contributed by atoms with E-state index in [0.717, 1.165) is 11.3 Å². The highest BCUT2D eigenvalue weighted by atomic mass is 16.5. The molecule has 0 aliphatic carbocycles. The lowest BCUT2D eigenvalue weighted by Crippen LogP contribution is -2.12. The van der Waals surface area contributed by atoms with Crippen LogP contribution in [0.4, 0.5) is 0 Å². The number of aryl methyl sites for hydroxylation is 1. The van der Waals surface area contributed by atoms with Gasteiger partial charge in [-0.1, -0.05) is 18.2 Å². The molecule has 2 aromatic carbocycles. The molecule has 2 aromatic rings. The lowest BCUT2D eigenvalue weighted by molar-refractivity contribution is -0.134. The Bertz CT molecular complexity index is 682. The maximum atomic E-state index is 11.9. The van der Waals surface area contributed by atoms with Crippen LogP contribution in [0.3, 0.4) is 0 Å². The predicted molar refractivity (Wildman–Crippen MR) is 81.9 cm³/mol. The Balaban J connectivity index is 1.92. The van der Waals surface area contributed by atoms with E-state index in [1.807, 2.05) is 24.3 Å². The third kappa shape index (κ3) is 4.34. The fourth-order valence-electron chi connectivity index (χ4n) is 1.97. The number of carbonyl (C=O) groups is 2. The number of esters is 1. The first-order valence-corrected chi connectivity index (χ1v) is 6.82. The van der Waals surface area contributed by atoms with Gasteiger partial charge < -0.3 is 15.2 Å². The molecule has 114 valence electrons. The molecule has 0 saturated carbocycles. The number of primary amides is 1. The van der Waals surface area contributed by atoms with E-state index >= 15 is 0 Å². The minimum absolute atomic E-state index is 0.230. The van der Waals surface area contributed by atoms with Crippen LogP contribution in [0.25, 0.3) is 0 Å². The Kier molecular flexibility index (Phi) is 5.14. The molecule has 2 N–H and O–H groups in total. The summed E-state index contributed by atoms with van der Waals surface area (Å²) in [7, 11) is 1.60. The fraction of sp³-hybridized carbons (Fsp3) is 0.176. The lowest BCUT2D eigenvalue weighted by Gasteiger charge is -2.06. The maximum Gasteiger partial charge on any atom is 0.311 e. The number of hydrogen-bond acceptors (Lipinski definition) is 4. The summed E-state index contributed by atoms with van der Waals surface area (Å²) in [6, 6.07) is 13.7. The van der Waals surface area contributed by atoms with E-state index in [4.69, 9.17) is 15.2 Å². The molecule has 5 heteroatoms. The molecule has 0 bridgehead atoms. The monoisotopic (exact) mass is 299 g/mol. The normalized spacial score (nSPS) is 10.0. The molecule has 0 radical (unpaired) electrons. The number of hydrogen-bond donors (Lipinski definition) is 1. The van der Waals surface area contributed by atoms with Gasteiger partial charge in [-0.25, -0.2) is 0 Å². The van der Waals surface area contributed by atoms with E-state index in [-0.39, 0.29) is 12.4 Å². The van der Waals surface area contributed by atoms with Crippen molar-refractivity contribution in [3.05, 3.63) is 59.7 Å². The second-order valence-corrected chi connectivity index (χ2v) is 4.72. The summed E-state index contributed by atoms with van der Waals surface area (Å²) in [5.74, 6) is 0.130. The number of rotatable bonds is 6. The number of nitrogens with two attached hydrogens (primary N) is 1. The van der Waals surface area contributed by atoms with Crippen molar-refractivity contribution in [3.8, 4) is 11.5 Å². The summed E-state index contributed by atoms with van der Waals surface area (Å²) in [6.45, 7) is 0. The first-order chi connectivity index (χ1) is 10.6. The molecule has 0 heterocycles. The fourth-order valence-corrected chi connectivity index (χ4v) is 1.97. The van der Waals surface area contributed by atoms with E-state index in [1.54, 1.807) is 25.3 Å². The zero-order chi connectivity index (χ0) is 15.9. The maximum absolute atomic E-state index is 11.9. The van der Waals surface area contributed by atoms with Crippen molar-refractivity contribution in [2.24, 2.45) is 5.73 Å². The minimum Gasteiger partial charge on any atom is -0.497 e. The quantitative estimate of drug-likeness (QED) is 0.656. The van der Waals surface area contributed by atoms with E-state index in [2.05, 4.69) is 0 Å². The molecule has 2 rings (SSSR count). The Hall–Kier alpha value is -2.82. The van der Waals surface area contributed by atoms with Crippen LogP contribution in [0.1, 0.15) is 22.3 Å². The van der Waals surface area contributed by atoms with Gasteiger partial charge in [0.15, 0.2) is 0 Å². The Morgan fingerprint density at radius 3 is 2.50 bits per heavy atom. The number of carbonyl (C=O) groups excluding carboxylic acids is 2. The molecule has 22 heavy (non-hydrogen) atoms. The van der Waals surface area contributed by atoms with Crippen molar-refractivity contribution < 1.29 is 19.1 Å². The van der Waals surface area contributed by atoms with Crippen molar-refractivity contribution in [1.29, 1.82) is 0 Å². The molecule has 0 aliphatic rings. The van der Waals surface area contributed by atoms with Gasteiger partial charge in [0.1, 0.15) is 11.5 Å². The van der Waals surface area contributed by atoms with E-state index < -0.39 is 5.91 Å². The minimum atomic E-state index is -0.561. The van der Waals surface area contributed by atoms with Crippen LogP contribution in [0.2, 0.25) is 0 Å². The SMILES string of the molecule is COc1cccc(CCC(=O)Oc2cccc(C(N)=O)c2)c1. The highest BCUT2D eigenvalue weighted by Gasteiger charge is 2.08. The van der Waals surface area contributed by atoms with Crippen molar-refractivity contribution in [2.45, 2.75) is 12.8 Å². The van der Waals surface area contributed by atoms with Crippen molar-refractivity contribution in [3.63, 3.8) is 0 Å². The van der Waals surface area contributed by atoms with Crippen LogP contribution >= 0.6 is 0 Å². The van der Waals surface area contributed by atoms with Gasteiger partial charge in [-0.2, -0.15) is 0 Å². The smallest absolute Gasteiger partial charge is 0.311 e. The summed E-state index contributed by atoms with van der Waals surface area (Å²) in [5.41, 5.74) is 6.48. The molecular formula is C17H17NO4. The Labute approximate surface area is 128 Å². The van der Waals surface area contributed by atoms with Gasteiger partial charge in [0.05, 0.1) is 7.11 Å². The summed E-state index contributed by atoms with van der Waals surface area (Å²) >= 11 is 0. The third-order valence-corrected chi connectivity index (χ3v) is 3.10. The first-order valence-electron chi connectivity index (χ1n) is 6.82. The topological polar surface area (TPSA) is 78.6 Å².